The lowest BCUT2D eigenvalue weighted by molar-refractivity contribution is 0.609. The van der Waals surface area contributed by atoms with Crippen molar-refractivity contribution >= 4 is 41.3 Å². The van der Waals surface area contributed by atoms with E-state index in [0.717, 1.165) is 28.3 Å². The van der Waals surface area contributed by atoms with Crippen LogP contribution in [0.4, 0.5) is 0 Å². The molecule has 7 nitrogen and oxygen atoms in total. The SMILES string of the molecule is Cc1csc(CNC(=NCc2nnc(C)n2C)NC2CCCC2)n1.I. The van der Waals surface area contributed by atoms with Gasteiger partial charge in [-0.2, -0.15) is 0 Å². The highest BCUT2D eigenvalue weighted by molar-refractivity contribution is 14.0. The zero-order valence-electron chi connectivity index (χ0n) is 14.9. The number of thiazole rings is 1. The van der Waals surface area contributed by atoms with Crippen LogP contribution in [0.1, 0.15) is 48.0 Å². The van der Waals surface area contributed by atoms with Gasteiger partial charge in [-0.1, -0.05) is 12.8 Å². The van der Waals surface area contributed by atoms with Crippen LogP contribution in [-0.4, -0.2) is 31.7 Å². The molecule has 25 heavy (non-hydrogen) atoms. The van der Waals surface area contributed by atoms with E-state index in [2.05, 4.69) is 31.2 Å². The number of rotatable bonds is 5. The lowest BCUT2D eigenvalue weighted by Gasteiger charge is -2.16. The first-order valence-electron chi connectivity index (χ1n) is 8.42. The predicted molar refractivity (Wildman–Crippen MR) is 111 cm³/mol. The summed E-state index contributed by atoms with van der Waals surface area (Å²) < 4.78 is 1.97. The summed E-state index contributed by atoms with van der Waals surface area (Å²) in [5, 5.41) is 18.4. The van der Waals surface area contributed by atoms with Gasteiger partial charge in [-0.15, -0.1) is 45.5 Å². The van der Waals surface area contributed by atoms with Crippen LogP contribution in [0, 0.1) is 13.8 Å². The fourth-order valence-corrected chi connectivity index (χ4v) is 3.51. The smallest absolute Gasteiger partial charge is 0.192 e. The molecule has 2 N–H and O–H groups in total. The van der Waals surface area contributed by atoms with Crippen molar-refractivity contribution in [3.05, 3.63) is 27.7 Å². The summed E-state index contributed by atoms with van der Waals surface area (Å²) in [5.41, 5.74) is 1.06. The fraction of sp³-hybridized carbons (Fsp3) is 0.625. The molecule has 0 unspecified atom stereocenters. The molecule has 0 bridgehead atoms. The topological polar surface area (TPSA) is 80.0 Å². The average molecular weight is 475 g/mol. The van der Waals surface area contributed by atoms with Gasteiger partial charge in [0.15, 0.2) is 11.8 Å². The lowest BCUT2D eigenvalue weighted by Crippen LogP contribution is -2.42. The van der Waals surface area contributed by atoms with Gasteiger partial charge in [0.1, 0.15) is 17.4 Å². The minimum atomic E-state index is 0. The van der Waals surface area contributed by atoms with Gasteiger partial charge in [-0.05, 0) is 26.7 Å². The Labute approximate surface area is 169 Å². The van der Waals surface area contributed by atoms with E-state index >= 15 is 0 Å². The Morgan fingerprint density at radius 3 is 2.68 bits per heavy atom. The second-order valence-electron chi connectivity index (χ2n) is 6.25. The predicted octanol–water partition coefficient (Wildman–Crippen LogP) is 2.68. The van der Waals surface area contributed by atoms with E-state index in [9.17, 15) is 0 Å². The van der Waals surface area contributed by atoms with E-state index in [1.165, 1.54) is 25.7 Å². The number of aryl methyl sites for hydroxylation is 2. The Morgan fingerprint density at radius 1 is 1.32 bits per heavy atom. The second-order valence-corrected chi connectivity index (χ2v) is 7.19. The summed E-state index contributed by atoms with van der Waals surface area (Å²) in [5.74, 6) is 2.59. The summed E-state index contributed by atoms with van der Waals surface area (Å²) >= 11 is 1.67. The zero-order valence-corrected chi connectivity index (χ0v) is 18.1. The van der Waals surface area contributed by atoms with Crippen LogP contribution < -0.4 is 10.6 Å². The Kier molecular flexibility index (Phi) is 7.60. The molecule has 1 fully saturated rings. The number of hydrogen-bond acceptors (Lipinski definition) is 5. The maximum atomic E-state index is 4.70. The van der Waals surface area contributed by atoms with Crippen molar-refractivity contribution in [1.82, 2.24) is 30.4 Å². The minimum absolute atomic E-state index is 0. The number of nitrogens with one attached hydrogen (secondary N) is 2. The summed E-state index contributed by atoms with van der Waals surface area (Å²) in [6.07, 6.45) is 5.00. The van der Waals surface area contributed by atoms with Crippen LogP contribution in [0.5, 0.6) is 0 Å². The van der Waals surface area contributed by atoms with Crippen molar-refractivity contribution in [2.75, 3.05) is 0 Å². The van der Waals surface area contributed by atoms with Crippen LogP contribution in [0.2, 0.25) is 0 Å². The lowest BCUT2D eigenvalue weighted by atomic mass is 10.2. The molecule has 2 aromatic heterocycles. The molecule has 2 heterocycles. The fourth-order valence-electron chi connectivity index (χ4n) is 2.80. The standard InChI is InChI=1S/C16H25N7S.HI/c1-11-10-24-15(19-11)9-18-16(20-13-6-4-5-7-13)17-8-14-22-21-12(2)23(14)3;/h10,13H,4-9H2,1-3H3,(H2,17,18,20);1H. The van der Waals surface area contributed by atoms with E-state index in [0.29, 0.717) is 19.1 Å². The van der Waals surface area contributed by atoms with Gasteiger partial charge < -0.3 is 15.2 Å². The van der Waals surface area contributed by atoms with E-state index in [1.54, 1.807) is 11.3 Å². The van der Waals surface area contributed by atoms with Gasteiger partial charge in [0.2, 0.25) is 0 Å². The molecule has 0 amide bonds. The van der Waals surface area contributed by atoms with Gasteiger partial charge in [-0.25, -0.2) is 9.98 Å². The molecule has 0 aromatic carbocycles. The molecule has 0 aliphatic heterocycles. The maximum Gasteiger partial charge on any atom is 0.192 e. The third kappa shape index (κ3) is 5.63. The molecule has 1 aliphatic rings. The largest absolute Gasteiger partial charge is 0.354 e. The van der Waals surface area contributed by atoms with E-state index < -0.39 is 0 Å². The highest BCUT2D eigenvalue weighted by Crippen LogP contribution is 2.17. The van der Waals surface area contributed by atoms with Crippen LogP contribution in [0.3, 0.4) is 0 Å². The molecule has 0 atom stereocenters. The average Bonchev–Trinajstić information content (AvgIpc) is 3.28. The first-order chi connectivity index (χ1) is 11.6. The van der Waals surface area contributed by atoms with Crippen molar-refractivity contribution in [2.24, 2.45) is 12.0 Å². The molecule has 1 aliphatic carbocycles. The first-order valence-corrected chi connectivity index (χ1v) is 9.30. The van der Waals surface area contributed by atoms with Gasteiger partial charge >= 0.3 is 0 Å². The van der Waals surface area contributed by atoms with Crippen LogP contribution in [0.25, 0.3) is 0 Å². The van der Waals surface area contributed by atoms with Crippen molar-refractivity contribution in [1.29, 1.82) is 0 Å². The number of hydrogen-bond donors (Lipinski definition) is 2. The molecule has 0 radical (unpaired) electrons. The zero-order chi connectivity index (χ0) is 16.9. The third-order valence-corrected chi connectivity index (χ3v) is 5.30. The molecule has 9 heteroatoms. The molecule has 2 aromatic rings. The highest BCUT2D eigenvalue weighted by Gasteiger charge is 2.16. The van der Waals surface area contributed by atoms with Gasteiger partial charge in [0.05, 0.1) is 6.54 Å². The van der Waals surface area contributed by atoms with Crippen molar-refractivity contribution in [2.45, 2.75) is 58.7 Å². The quantitative estimate of drug-likeness (QED) is 0.395. The highest BCUT2D eigenvalue weighted by atomic mass is 127. The van der Waals surface area contributed by atoms with E-state index in [1.807, 2.05) is 25.5 Å². The van der Waals surface area contributed by atoms with Crippen molar-refractivity contribution < 1.29 is 0 Å². The summed E-state index contributed by atoms with van der Waals surface area (Å²) in [4.78, 5) is 9.20. The Morgan fingerprint density at radius 2 is 2.08 bits per heavy atom. The number of nitrogens with zero attached hydrogens (tertiary/aromatic N) is 5. The Bertz CT molecular complexity index is 703. The van der Waals surface area contributed by atoms with Crippen molar-refractivity contribution in [3.8, 4) is 0 Å². The molecule has 138 valence electrons. The van der Waals surface area contributed by atoms with Crippen LogP contribution >= 0.6 is 35.3 Å². The van der Waals surface area contributed by atoms with Crippen LogP contribution in [-0.2, 0) is 20.1 Å². The number of halogens is 1. The summed E-state index contributed by atoms with van der Waals surface area (Å²) in [6, 6.07) is 0.510. The van der Waals surface area contributed by atoms with Crippen molar-refractivity contribution in [3.63, 3.8) is 0 Å². The summed E-state index contributed by atoms with van der Waals surface area (Å²) in [6.45, 7) is 5.16. The second kappa shape index (κ2) is 9.46. The third-order valence-electron chi connectivity index (χ3n) is 4.33. The number of aromatic nitrogens is 4. The van der Waals surface area contributed by atoms with E-state index in [-0.39, 0.29) is 24.0 Å². The monoisotopic (exact) mass is 475 g/mol. The molecular formula is C16H26IN7S. The normalized spacial score (nSPS) is 15.2. The number of guanidine groups is 1. The maximum absolute atomic E-state index is 4.70. The molecular weight excluding hydrogens is 449 g/mol. The van der Waals surface area contributed by atoms with Crippen LogP contribution in [0.15, 0.2) is 10.4 Å². The first kappa shape index (κ1) is 20.1. The molecule has 3 rings (SSSR count). The van der Waals surface area contributed by atoms with Gasteiger partial charge in [-0.3, -0.25) is 0 Å². The number of aliphatic imine (C=N–C) groups is 1. The summed E-state index contributed by atoms with van der Waals surface area (Å²) in [7, 11) is 1.97. The Balaban J connectivity index is 0.00000225. The Hall–Kier alpha value is -1.23. The van der Waals surface area contributed by atoms with Gasteiger partial charge in [0.25, 0.3) is 0 Å². The van der Waals surface area contributed by atoms with Gasteiger partial charge in [0, 0.05) is 24.2 Å². The molecule has 0 spiro atoms. The molecule has 1 saturated carbocycles. The minimum Gasteiger partial charge on any atom is -0.354 e. The van der Waals surface area contributed by atoms with E-state index in [4.69, 9.17) is 4.99 Å². The molecule has 0 saturated heterocycles.